The molecule has 1 aliphatic heterocycles. The molecule has 0 aliphatic carbocycles. The summed E-state index contributed by atoms with van der Waals surface area (Å²) in [5.41, 5.74) is 6.87. The molecule has 0 saturated carbocycles. The Hall–Kier alpha value is -2.08. The molecule has 0 spiro atoms. The standard InChI is InChI=1S/C13H17N3O3/c1-19-13(18)9-3-2-4-11(5-9)16-7-10(6-14)15-12(17)8-16/h2-5,10H,6-8,14H2,1H3,(H,15,17). The number of nitrogens with two attached hydrogens (primary N) is 1. The zero-order valence-electron chi connectivity index (χ0n) is 10.8. The molecule has 1 aromatic carbocycles. The maximum Gasteiger partial charge on any atom is 0.337 e. The highest BCUT2D eigenvalue weighted by molar-refractivity contribution is 5.91. The van der Waals surface area contributed by atoms with Crippen molar-refractivity contribution in [2.24, 2.45) is 5.73 Å². The minimum absolute atomic E-state index is 0.0647. The second-order valence-electron chi connectivity index (χ2n) is 4.42. The molecule has 1 heterocycles. The number of nitrogens with one attached hydrogen (secondary N) is 1. The van der Waals surface area contributed by atoms with Gasteiger partial charge in [0.05, 0.1) is 25.3 Å². The first-order valence-electron chi connectivity index (χ1n) is 6.07. The quantitative estimate of drug-likeness (QED) is 0.734. The maximum atomic E-state index is 11.6. The van der Waals surface area contributed by atoms with E-state index in [9.17, 15) is 9.59 Å². The topological polar surface area (TPSA) is 84.7 Å². The second kappa shape index (κ2) is 5.71. The van der Waals surface area contributed by atoms with E-state index in [-0.39, 0.29) is 18.5 Å². The third kappa shape index (κ3) is 3.03. The second-order valence-corrected chi connectivity index (χ2v) is 4.42. The third-order valence-corrected chi connectivity index (χ3v) is 3.06. The minimum atomic E-state index is -0.390. The lowest BCUT2D eigenvalue weighted by Gasteiger charge is -2.34. The van der Waals surface area contributed by atoms with Crippen LogP contribution in [0.2, 0.25) is 0 Å². The Morgan fingerprint density at radius 2 is 2.37 bits per heavy atom. The summed E-state index contributed by atoms with van der Waals surface area (Å²) < 4.78 is 4.69. The predicted octanol–water partition coefficient (Wildman–Crippen LogP) is -0.263. The first-order chi connectivity index (χ1) is 9.13. The zero-order valence-corrected chi connectivity index (χ0v) is 10.8. The lowest BCUT2D eigenvalue weighted by molar-refractivity contribution is -0.121. The number of piperazine rings is 1. The number of carbonyl (C=O) groups is 2. The Kier molecular flexibility index (Phi) is 4.01. The lowest BCUT2D eigenvalue weighted by atomic mass is 10.1. The van der Waals surface area contributed by atoms with Crippen LogP contribution in [0.5, 0.6) is 0 Å². The first kappa shape index (κ1) is 13.4. The van der Waals surface area contributed by atoms with Crippen molar-refractivity contribution in [2.45, 2.75) is 6.04 Å². The Labute approximate surface area is 111 Å². The van der Waals surface area contributed by atoms with Crippen LogP contribution in [0.4, 0.5) is 5.69 Å². The molecule has 1 fully saturated rings. The van der Waals surface area contributed by atoms with Gasteiger partial charge in [0.2, 0.25) is 5.91 Å². The van der Waals surface area contributed by atoms with E-state index in [1.54, 1.807) is 18.2 Å². The van der Waals surface area contributed by atoms with Crippen molar-refractivity contribution in [3.8, 4) is 0 Å². The lowest BCUT2D eigenvalue weighted by Crippen LogP contribution is -2.56. The molecule has 1 saturated heterocycles. The van der Waals surface area contributed by atoms with Gasteiger partial charge in [-0.3, -0.25) is 4.79 Å². The minimum Gasteiger partial charge on any atom is -0.465 e. The van der Waals surface area contributed by atoms with Crippen LogP contribution in [0.1, 0.15) is 10.4 Å². The highest BCUT2D eigenvalue weighted by atomic mass is 16.5. The smallest absolute Gasteiger partial charge is 0.337 e. The fourth-order valence-electron chi connectivity index (χ4n) is 2.10. The van der Waals surface area contributed by atoms with Gasteiger partial charge in [0, 0.05) is 18.8 Å². The van der Waals surface area contributed by atoms with Gasteiger partial charge < -0.3 is 20.7 Å². The summed E-state index contributed by atoms with van der Waals surface area (Å²) in [7, 11) is 1.34. The van der Waals surface area contributed by atoms with Crippen molar-refractivity contribution < 1.29 is 14.3 Å². The van der Waals surface area contributed by atoms with Gasteiger partial charge in [-0.2, -0.15) is 0 Å². The highest BCUT2D eigenvalue weighted by Gasteiger charge is 2.24. The van der Waals surface area contributed by atoms with Crippen LogP contribution in [-0.4, -0.2) is 44.7 Å². The van der Waals surface area contributed by atoms with E-state index in [0.29, 0.717) is 18.7 Å². The summed E-state index contributed by atoms with van der Waals surface area (Å²) in [6.45, 7) is 1.28. The van der Waals surface area contributed by atoms with Gasteiger partial charge in [-0.25, -0.2) is 4.79 Å². The van der Waals surface area contributed by atoms with E-state index in [2.05, 4.69) is 10.1 Å². The number of amides is 1. The Morgan fingerprint density at radius 1 is 1.58 bits per heavy atom. The number of rotatable bonds is 3. The average molecular weight is 263 g/mol. The van der Waals surface area contributed by atoms with E-state index in [1.807, 2.05) is 11.0 Å². The van der Waals surface area contributed by atoms with Gasteiger partial charge in [-0.1, -0.05) is 6.07 Å². The van der Waals surface area contributed by atoms with E-state index in [4.69, 9.17) is 5.73 Å². The Morgan fingerprint density at radius 3 is 3.05 bits per heavy atom. The van der Waals surface area contributed by atoms with Gasteiger partial charge >= 0.3 is 5.97 Å². The van der Waals surface area contributed by atoms with Crippen LogP contribution in [0.25, 0.3) is 0 Å². The number of hydrogen-bond acceptors (Lipinski definition) is 5. The Bertz CT molecular complexity index is 490. The van der Waals surface area contributed by atoms with E-state index < -0.39 is 5.97 Å². The first-order valence-corrected chi connectivity index (χ1v) is 6.07. The molecule has 0 bridgehead atoms. The Balaban J connectivity index is 2.21. The van der Waals surface area contributed by atoms with Crippen molar-refractivity contribution in [1.29, 1.82) is 0 Å². The SMILES string of the molecule is COC(=O)c1cccc(N2CC(=O)NC(CN)C2)c1. The molecule has 102 valence electrons. The van der Waals surface area contributed by atoms with Gasteiger partial charge in [0.25, 0.3) is 0 Å². The number of methoxy groups -OCH3 is 1. The van der Waals surface area contributed by atoms with Gasteiger partial charge in [0.1, 0.15) is 0 Å². The van der Waals surface area contributed by atoms with Crippen LogP contribution in [0, 0.1) is 0 Å². The fourth-order valence-corrected chi connectivity index (χ4v) is 2.10. The van der Waals surface area contributed by atoms with Crippen LogP contribution >= 0.6 is 0 Å². The predicted molar refractivity (Wildman–Crippen MR) is 71.0 cm³/mol. The van der Waals surface area contributed by atoms with E-state index in [0.717, 1.165) is 5.69 Å². The van der Waals surface area contributed by atoms with Crippen LogP contribution in [-0.2, 0) is 9.53 Å². The molecule has 1 unspecified atom stereocenters. The number of hydrogen-bond donors (Lipinski definition) is 2. The van der Waals surface area contributed by atoms with Crippen LogP contribution < -0.4 is 16.0 Å². The monoisotopic (exact) mass is 263 g/mol. The zero-order chi connectivity index (χ0) is 13.8. The fraction of sp³-hybridized carbons (Fsp3) is 0.385. The average Bonchev–Trinajstić information content (AvgIpc) is 2.45. The van der Waals surface area contributed by atoms with Crippen LogP contribution in [0.3, 0.4) is 0 Å². The van der Waals surface area contributed by atoms with E-state index >= 15 is 0 Å². The molecular formula is C13H17N3O3. The van der Waals surface area contributed by atoms with Crippen molar-refractivity contribution in [3.63, 3.8) is 0 Å². The number of anilines is 1. The van der Waals surface area contributed by atoms with Crippen molar-refractivity contribution in [1.82, 2.24) is 5.32 Å². The summed E-state index contributed by atoms with van der Waals surface area (Å²) in [5.74, 6) is -0.455. The third-order valence-electron chi connectivity index (χ3n) is 3.06. The van der Waals surface area contributed by atoms with Gasteiger partial charge in [-0.15, -0.1) is 0 Å². The number of nitrogens with zero attached hydrogens (tertiary/aromatic N) is 1. The van der Waals surface area contributed by atoms with Crippen LogP contribution in [0.15, 0.2) is 24.3 Å². The molecule has 1 atom stereocenters. The summed E-state index contributed by atoms with van der Waals surface area (Å²) in [6, 6.07) is 6.96. The number of benzene rings is 1. The van der Waals surface area contributed by atoms with Crippen molar-refractivity contribution in [2.75, 3.05) is 31.6 Å². The van der Waals surface area contributed by atoms with Crippen molar-refractivity contribution >= 4 is 17.6 Å². The summed E-state index contributed by atoms with van der Waals surface area (Å²) in [6.07, 6.45) is 0. The molecular weight excluding hydrogens is 246 g/mol. The summed E-state index contributed by atoms with van der Waals surface area (Å²) >= 11 is 0. The molecule has 6 heteroatoms. The van der Waals surface area contributed by atoms with E-state index in [1.165, 1.54) is 7.11 Å². The van der Waals surface area contributed by atoms with Gasteiger partial charge in [0.15, 0.2) is 0 Å². The highest BCUT2D eigenvalue weighted by Crippen LogP contribution is 2.18. The molecule has 1 aromatic rings. The molecule has 1 amide bonds. The summed E-state index contributed by atoms with van der Waals surface area (Å²) in [4.78, 5) is 25.0. The largest absolute Gasteiger partial charge is 0.465 e. The molecule has 0 radical (unpaired) electrons. The molecule has 2 rings (SSSR count). The molecule has 0 aromatic heterocycles. The molecule has 6 nitrogen and oxygen atoms in total. The number of esters is 1. The number of ether oxygens (including phenoxy) is 1. The molecule has 19 heavy (non-hydrogen) atoms. The number of carbonyl (C=O) groups excluding carboxylic acids is 2. The molecule has 1 aliphatic rings. The molecule has 3 N–H and O–H groups in total. The normalized spacial score (nSPS) is 18.9. The van der Waals surface area contributed by atoms with Crippen molar-refractivity contribution in [3.05, 3.63) is 29.8 Å². The van der Waals surface area contributed by atoms with Gasteiger partial charge in [-0.05, 0) is 18.2 Å². The maximum absolute atomic E-state index is 11.6. The summed E-state index contributed by atoms with van der Waals surface area (Å²) in [5, 5.41) is 2.82.